The lowest BCUT2D eigenvalue weighted by atomic mass is 10.0. The minimum absolute atomic E-state index is 0.0286. The molecule has 28 heavy (non-hydrogen) atoms. The van der Waals surface area contributed by atoms with E-state index in [4.69, 9.17) is 11.6 Å². The Balaban J connectivity index is 2.02. The van der Waals surface area contributed by atoms with Crippen molar-refractivity contribution in [1.29, 1.82) is 0 Å². The zero-order chi connectivity index (χ0) is 20.8. The number of nitrogens with zero attached hydrogens (tertiary/aromatic N) is 2. The van der Waals surface area contributed by atoms with Gasteiger partial charge in [-0.05, 0) is 37.9 Å². The smallest absolute Gasteiger partial charge is 0.270 e. The molecule has 2 unspecified atom stereocenters. The molecule has 1 fully saturated rings. The second kappa shape index (κ2) is 9.84. The van der Waals surface area contributed by atoms with Crippen LogP contribution in [-0.2, 0) is 4.79 Å². The molecule has 1 saturated heterocycles. The van der Waals surface area contributed by atoms with Crippen LogP contribution < -0.4 is 10.6 Å². The van der Waals surface area contributed by atoms with Crippen LogP contribution in [0.1, 0.15) is 44.0 Å². The Kier molecular flexibility index (Phi) is 7.77. The van der Waals surface area contributed by atoms with Crippen molar-refractivity contribution in [2.75, 3.05) is 19.6 Å². The van der Waals surface area contributed by atoms with Gasteiger partial charge in [0.05, 0.1) is 15.5 Å². The highest BCUT2D eigenvalue weighted by Crippen LogP contribution is 2.23. The third-order valence-electron chi connectivity index (χ3n) is 5.06. The molecule has 0 aliphatic carbocycles. The zero-order valence-corrected chi connectivity index (χ0v) is 17.2. The molecule has 2 rings (SSSR count). The third kappa shape index (κ3) is 5.42. The average Bonchev–Trinajstić information content (AvgIpc) is 3.11. The summed E-state index contributed by atoms with van der Waals surface area (Å²) >= 11 is 6.02. The van der Waals surface area contributed by atoms with Crippen molar-refractivity contribution in [1.82, 2.24) is 15.5 Å². The lowest BCUT2D eigenvalue weighted by Crippen LogP contribution is -2.52. The molecule has 2 amide bonds. The number of non-ortho nitro benzene ring substituents is 1. The quantitative estimate of drug-likeness (QED) is 0.506. The van der Waals surface area contributed by atoms with E-state index < -0.39 is 16.9 Å². The topological polar surface area (TPSA) is 105 Å². The molecule has 1 aliphatic heterocycles. The number of amides is 2. The molecule has 0 bridgehead atoms. The van der Waals surface area contributed by atoms with Gasteiger partial charge in [-0.3, -0.25) is 24.6 Å². The molecule has 0 aromatic heterocycles. The minimum Gasteiger partial charge on any atom is -0.353 e. The third-order valence-corrected chi connectivity index (χ3v) is 5.37. The number of likely N-dealkylation sites (tertiary alicyclic amines) is 1. The number of likely N-dealkylation sites (N-methyl/N-ethyl adjacent to an activating group) is 1. The summed E-state index contributed by atoms with van der Waals surface area (Å²) in [5, 5.41) is 16.4. The number of nitrogens with one attached hydrogen (secondary N) is 2. The Hall–Kier alpha value is -2.19. The van der Waals surface area contributed by atoms with Crippen LogP contribution in [0.25, 0.3) is 0 Å². The summed E-state index contributed by atoms with van der Waals surface area (Å²) in [4.78, 5) is 37.8. The number of nitro groups is 1. The van der Waals surface area contributed by atoms with E-state index in [9.17, 15) is 19.7 Å². The van der Waals surface area contributed by atoms with E-state index in [-0.39, 0.29) is 28.1 Å². The molecule has 2 N–H and O–H groups in total. The van der Waals surface area contributed by atoms with Crippen molar-refractivity contribution in [3.05, 3.63) is 38.9 Å². The van der Waals surface area contributed by atoms with Crippen molar-refractivity contribution in [2.24, 2.45) is 5.92 Å². The van der Waals surface area contributed by atoms with E-state index in [2.05, 4.69) is 22.5 Å². The van der Waals surface area contributed by atoms with Gasteiger partial charge in [0.1, 0.15) is 6.04 Å². The van der Waals surface area contributed by atoms with E-state index in [1.807, 2.05) is 13.8 Å². The second-order valence-electron chi connectivity index (χ2n) is 7.29. The lowest BCUT2D eigenvalue weighted by Gasteiger charge is -2.26. The van der Waals surface area contributed by atoms with Gasteiger partial charge in [0, 0.05) is 24.7 Å². The predicted molar refractivity (Wildman–Crippen MR) is 107 cm³/mol. The SMILES string of the molecule is CCN1CCCC1CNC(=O)C(NC(=O)c1ccc([N+](=O)[O-])cc1Cl)C(C)C. The minimum atomic E-state index is -0.727. The van der Waals surface area contributed by atoms with Crippen LogP contribution in [0.4, 0.5) is 5.69 Å². The number of hydrogen-bond donors (Lipinski definition) is 2. The van der Waals surface area contributed by atoms with Gasteiger partial charge in [-0.15, -0.1) is 0 Å². The predicted octanol–water partition coefficient (Wildman–Crippen LogP) is 2.60. The monoisotopic (exact) mass is 410 g/mol. The van der Waals surface area contributed by atoms with Crippen LogP contribution in [-0.4, -0.2) is 53.4 Å². The van der Waals surface area contributed by atoms with Gasteiger partial charge in [0.2, 0.25) is 5.91 Å². The summed E-state index contributed by atoms with van der Waals surface area (Å²) in [5.41, 5.74) is -0.101. The van der Waals surface area contributed by atoms with E-state index in [1.54, 1.807) is 0 Å². The first-order chi connectivity index (χ1) is 13.2. The number of halogens is 1. The van der Waals surface area contributed by atoms with Gasteiger partial charge in [-0.25, -0.2) is 0 Å². The van der Waals surface area contributed by atoms with Crippen molar-refractivity contribution in [3.63, 3.8) is 0 Å². The summed E-state index contributed by atoms with van der Waals surface area (Å²) in [7, 11) is 0. The highest BCUT2D eigenvalue weighted by Gasteiger charge is 2.28. The van der Waals surface area contributed by atoms with Gasteiger partial charge in [0.25, 0.3) is 11.6 Å². The molecule has 8 nitrogen and oxygen atoms in total. The molecular weight excluding hydrogens is 384 g/mol. The molecule has 9 heteroatoms. The number of nitro benzene ring substituents is 1. The summed E-state index contributed by atoms with van der Waals surface area (Å²) in [6.45, 7) is 8.32. The second-order valence-corrected chi connectivity index (χ2v) is 7.69. The molecule has 1 heterocycles. The highest BCUT2D eigenvalue weighted by molar-refractivity contribution is 6.34. The fraction of sp³-hybridized carbons (Fsp3) is 0.579. The Morgan fingerprint density at radius 1 is 1.39 bits per heavy atom. The normalized spacial score (nSPS) is 18.1. The largest absolute Gasteiger partial charge is 0.353 e. The Labute approximate surface area is 169 Å². The Morgan fingerprint density at radius 3 is 2.68 bits per heavy atom. The van der Waals surface area contributed by atoms with Gasteiger partial charge in [-0.1, -0.05) is 32.4 Å². The van der Waals surface area contributed by atoms with Crippen LogP contribution in [0.3, 0.4) is 0 Å². The van der Waals surface area contributed by atoms with Crippen molar-refractivity contribution in [2.45, 2.75) is 45.7 Å². The van der Waals surface area contributed by atoms with Crippen LogP contribution >= 0.6 is 11.6 Å². The van der Waals surface area contributed by atoms with E-state index >= 15 is 0 Å². The summed E-state index contributed by atoms with van der Waals surface area (Å²) in [6.07, 6.45) is 2.17. The summed E-state index contributed by atoms with van der Waals surface area (Å²) in [6, 6.07) is 3.23. The van der Waals surface area contributed by atoms with Crippen molar-refractivity contribution < 1.29 is 14.5 Å². The molecule has 154 valence electrons. The maximum Gasteiger partial charge on any atom is 0.270 e. The molecule has 0 radical (unpaired) electrons. The van der Waals surface area contributed by atoms with Crippen molar-refractivity contribution in [3.8, 4) is 0 Å². The maximum absolute atomic E-state index is 12.7. The standard InChI is InChI=1S/C19H27ClN4O4/c1-4-23-9-5-6-14(23)11-21-19(26)17(12(2)3)22-18(25)15-8-7-13(24(27)28)10-16(15)20/h7-8,10,12,14,17H,4-6,9,11H2,1-3H3,(H,21,26)(H,22,25). The van der Waals surface area contributed by atoms with Crippen LogP contribution in [0.2, 0.25) is 5.02 Å². The van der Waals surface area contributed by atoms with E-state index in [0.717, 1.165) is 32.0 Å². The molecule has 1 aromatic carbocycles. The number of carbonyl (C=O) groups excluding carboxylic acids is 2. The van der Waals surface area contributed by atoms with Gasteiger partial charge >= 0.3 is 0 Å². The maximum atomic E-state index is 12.7. The average molecular weight is 411 g/mol. The van der Waals surface area contributed by atoms with Crippen molar-refractivity contribution >= 4 is 29.1 Å². The van der Waals surface area contributed by atoms with Gasteiger partial charge in [0.15, 0.2) is 0 Å². The first-order valence-corrected chi connectivity index (χ1v) is 9.89. The highest BCUT2D eigenvalue weighted by atomic mass is 35.5. The zero-order valence-electron chi connectivity index (χ0n) is 16.4. The molecular formula is C19H27ClN4O4. The molecule has 2 atom stereocenters. The molecule has 0 saturated carbocycles. The van der Waals surface area contributed by atoms with Gasteiger partial charge < -0.3 is 10.6 Å². The lowest BCUT2D eigenvalue weighted by molar-refractivity contribution is -0.384. The van der Waals surface area contributed by atoms with Crippen LogP contribution in [0.15, 0.2) is 18.2 Å². The first kappa shape index (κ1) is 22.1. The number of rotatable bonds is 8. The fourth-order valence-electron chi connectivity index (χ4n) is 3.43. The Bertz CT molecular complexity index is 741. The van der Waals surface area contributed by atoms with Gasteiger partial charge in [-0.2, -0.15) is 0 Å². The summed E-state index contributed by atoms with van der Waals surface area (Å²) in [5.74, 6) is -0.916. The molecule has 0 spiro atoms. The number of hydrogen-bond acceptors (Lipinski definition) is 5. The summed E-state index contributed by atoms with van der Waals surface area (Å²) < 4.78 is 0. The fourth-order valence-corrected chi connectivity index (χ4v) is 3.69. The van der Waals surface area contributed by atoms with E-state index in [1.165, 1.54) is 12.1 Å². The number of carbonyl (C=O) groups is 2. The molecule has 1 aliphatic rings. The van der Waals surface area contributed by atoms with Crippen LogP contribution in [0, 0.1) is 16.0 Å². The number of benzene rings is 1. The van der Waals surface area contributed by atoms with E-state index in [0.29, 0.717) is 12.6 Å². The first-order valence-electron chi connectivity index (χ1n) is 9.51. The molecule has 1 aromatic rings. The van der Waals surface area contributed by atoms with Crippen LogP contribution in [0.5, 0.6) is 0 Å². The Morgan fingerprint density at radius 2 is 2.11 bits per heavy atom.